The molecule has 2 aromatic heterocycles. The van der Waals surface area contributed by atoms with Gasteiger partial charge in [-0.25, -0.2) is 4.98 Å². The largest absolute Gasteiger partial charge is 0.508 e. The predicted molar refractivity (Wildman–Crippen MR) is 135 cm³/mol. The number of H-pyrrole nitrogens is 1. The van der Waals surface area contributed by atoms with Crippen LogP contribution in [0, 0.1) is 5.92 Å². The Kier molecular flexibility index (Phi) is 7.30. The lowest BCUT2D eigenvalue weighted by Gasteiger charge is -2.35. The molecule has 4 N–H and O–H groups in total. The molecule has 0 amide bonds. The molecule has 7 heteroatoms. The quantitative estimate of drug-likeness (QED) is 0.389. The standard InChI is InChI=1S/C27H37N5O2/c33-22-8-4-5-20(18-22)17-19-12-15-32(16-13-19)25(34)10-9-23-26-24(31-30-23)11-14-28-27(26)29-21-6-2-1-3-7-21/h4-5,8,11,14,18-19,21,25,33-34H,1-3,6-7,9-10,12-13,15-17H2,(H,28,29)(H,30,31). The lowest BCUT2D eigenvalue weighted by atomic mass is 9.90. The monoisotopic (exact) mass is 463 g/mol. The van der Waals surface area contributed by atoms with E-state index in [1.165, 1.54) is 37.7 Å². The van der Waals surface area contributed by atoms with Crippen LogP contribution in [0.2, 0.25) is 0 Å². The minimum atomic E-state index is -0.452. The molecule has 1 saturated carbocycles. The van der Waals surface area contributed by atoms with Gasteiger partial charge in [-0.1, -0.05) is 31.4 Å². The highest BCUT2D eigenvalue weighted by Crippen LogP contribution is 2.29. The summed E-state index contributed by atoms with van der Waals surface area (Å²) in [7, 11) is 0. The first-order chi connectivity index (χ1) is 16.7. The fourth-order valence-electron chi connectivity index (χ4n) is 5.68. The topological polar surface area (TPSA) is 97.3 Å². The molecule has 34 heavy (non-hydrogen) atoms. The van der Waals surface area contributed by atoms with Gasteiger partial charge in [0.05, 0.1) is 10.9 Å². The van der Waals surface area contributed by atoms with Crippen molar-refractivity contribution in [2.45, 2.75) is 76.5 Å². The number of aromatic nitrogens is 3. The Morgan fingerprint density at radius 2 is 1.91 bits per heavy atom. The van der Waals surface area contributed by atoms with Crippen molar-refractivity contribution in [1.29, 1.82) is 0 Å². The summed E-state index contributed by atoms with van der Waals surface area (Å²) in [5.41, 5.74) is 3.18. The first-order valence-corrected chi connectivity index (χ1v) is 12.9. The molecule has 5 rings (SSSR count). The normalized spacial score (nSPS) is 19.4. The van der Waals surface area contributed by atoms with Crippen LogP contribution in [-0.2, 0) is 12.8 Å². The number of phenols is 1. The minimum absolute atomic E-state index is 0.337. The third-order valence-electron chi connectivity index (χ3n) is 7.65. The fraction of sp³-hybridized carbons (Fsp3) is 0.556. The van der Waals surface area contributed by atoms with E-state index in [0.717, 1.165) is 61.2 Å². The molecule has 2 fully saturated rings. The summed E-state index contributed by atoms with van der Waals surface area (Å²) in [6, 6.07) is 10.0. The van der Waals surface area contributed by atoms with Crippen molar-refractivity contribution in [3.05, 3.63) is 47.8 Å². The Hall–Kier alpha value is -2.64. The molecule has 1 saturated heterocycles. The Labute approximate surface area is 201 Å². The lowest BCUT2D eigenvalue weighted by molar-refractivity contribution is -0.0216. The highest BCUT2D eigenvalue weighted by atomic mass is 16.3. The smallest absolute Gasteiger partial charge is 0.137 e. The number of nitrogens with one attached hydrogen (secondary N) is 2. The molecule has 182 valence electrons. The molecule has 0 spiro atoms. The summed E-state index contributed by atoms with van der Waals surface area (Å²) in [6.07, 6.45) is 12.2. The number of benzene rings is 1. The van der Waals surface area contributed by atoms with E-state index in [4.69, 9.17) is 0 Å². The van der Waals surface area contributed by atoms with Crippen molar-refractivity contribution in [2.24, 2.45) is 5.92 Å². The van der Waals surface area contributed by atoms with E-state index in [0.29, 0.717) is 24.1 Å². The molecule has 1 unspecified atom stereocenters. The Bertz CT molecular complexity index is 1070. The van der Waals surface area contributed by atoms with Gasteiger partial charge in [-0.3, -0.25) is 10.00 Å². The molecule has 1 aliphatic carbocycles. The number of likely N-dealkylation sites (tertiary alicyclic amines) is 1. The molecule has 0 radical (unpaired) electrons. The number of hydrogen-bond donors (Lipinski definition) is 4. The number of aromatic amines is 1. The summed E-state index contributed by atoms with van der Waals surface area (Å²) in [5.74, 6) is 1.86. The van der Waals surface area contributed by atoms with Gasteiger partial charge in [-0.05, 0) is 74.6 Å². The maximum Gasteiger partial charge on any atom is 0.137 e. The fourth-order valence-corrected chi connectivity index (χ4v) is 5.68. The number of pyridine rings is 1. The third kappa shape index (κ3) is 5.53. The number of aliphatic hydroxyl groups excluding tert-OH is 1. The first-order valence-electron chi connectivity index (χ1n) is 12.9. The van der Waals surface area contributed by atoms with Crippen LogP contribution in [0.25, 0.3) is 10.9 Å². The SMILES string of the molecule is Oc1cccc(CC2CCN(C(O)CCc3[nH]nc4ccnc(NC5CCCCC5)c34)CC2)c1. The minimum Gasteiger partial charge on any atom is -0.508 e. The van der Waals surface area contributed by atoms with Crippen LogP contribution in [0.15, 0.2) is 36.5 Å². The zero-order valence-electron chi connectivity index (χ0n) is 19.9. The summed E-state index contributed by atoms with van der Waals surface area (Å²) in [5, 5.41) is 33.1. The lowest BCUT2D eigenvalue weighted by Crippen LogP contribution is -2.42. The third-order valence-corrected chi connectivity index (χ3v) is 7.65. The van der Waals surface area contributed by atoms with E-state index in [9.17, 15) is 10.2 Å². The maximum absolute atomic E-state index is 10.9. The Morgan fingerprint density at radius 1 is 1.09 bits per heavy atom. The zero-order chi connectivity index (χ0) is 23.3. The Morgan fingerprint density at radius 3 is 2.71 bits per heavy atom. The van der Waals surface area contributed by atoms with Crippen LogP contribution in [0.4, 0.5) is 5.82 Å². The number of aromatic hydroxyl groups is 1. The number of aliphatic hydroxyl groups is 1. The summed E-state index contributed by atoms with van der Waals surface area (Å²) >= 11 is 0. The van der Waals surface area contributed by atoms with Crippen LogP contribution < -0.4 is 5.32 Å². The highest BCUT2D eigenvalue weighted by Gasteiger charge is 2.25. The van der Waals surface area contributed by atoms with Crippen LogP contribution in [0.3, 0.4) is 0 Å². The van der Waals surface area contributed by atoms with Gasteiger partial charge in [0, 0.05) is 31.0 Å². The zero-order valence-corrected chi connectivity index (χ0v) is 19.9. The summed E-state index contributed by atoms with van der Waals surface area (Å²) in [4.78, 5) is 6.84. The van der Waals surface area contributed by atoms with E-state index in [-0.39, 0.29) is 0 Å². The number of piperidine rings is 1. The van der Waals surface area contributed by atoms with E-state index in [1.54, 1.807) is 6.07 Å². The second-order valence-electron chi connectivity index (χ2n) is 10.1. The molecule has 1 atom stereocenters. The van der Waals surface area contributed by atoms with E-state index in [1.807, 2.05) is 24.4 Å². The van der Waals surface area contributed by atoms with Gasteiger partial charge in [-0.2, -0.15) is 5.10 Å². The first kappa shape index (κ1) is 23.1. The van der Waals surface area contributed by atoms with E-state index < -0.39 is 6.23 Å². The van der Waals surface area contributed by atoms with Crippen LogP contribution in [-0.4, -0.2) is 55.7 Å². The summed E-state index contributed by atoms with van der Waals surface area (Å²) < 4.78 is 0. The van der Waals surface area contributed by atoms with Crippen molar-refractivity contribution in [2.75, 3.05) is 18.4 Å². The van der Waals surface area contributed by atoms with Crippen molar-refractivity contribution < 1.29 is 10.2 Å². The van der Waals surface area contributed by atoms with Crippen molar-refractivity contribution in [3.8, 4) is 5.75 Å². The molecule has 3 heterocycles. The number of anilines is 1. The summed E-state index contributed by atoms with van der Waals surface area (Å²) in [6.45, 7) is 1.81. The molecule has 7 nitrogen and oxygen atoms in total. The van der Waals surface area contributed by atoms with Gasteiger partial charge in [0.15, 0.2) is 0 Å². The van der Waals surface area contributed by atoms with E-state index in [2.05, 4.69) is 31.5 Å². The van der Waals surface area contributed by atoms with Gasteiger partial charge < -0.3 is 15.5 Å². The number of rotatable bonds is 8. The van der Waals surface area contributed by atoms with Gasteiger partial charge >= 0.3 is 0 Å². The molecule has 3 aromatic rings. The van der Waals surface area contributed by atoms with Crippen LogP contribution in [0.1, 0.15) is 62.6 Å². The average Bonchev–Trinajstić information content (AvgIpc) is 3.28. The highest BCUT2D eigenvalue weighted by molar-refractivity contribution is 5.91. The number of aryl methyl sites for hydroxylation is 1. The van der Waals surface area contributed by atoms with Crippen molar-refractivity contribution in [3.63, 3.8) is 0 Å². The predicted octanol–water partition coefficient (Wildman–Crippen LogP) is 4.61. The van der Waals surface area contributed by atoms with Crippen LogP contribution >= 0.6 is 0 Å². The number of fused-ring (bicyclic) bond motifs is 1. The number of phenolic OH excluding ortho intramolecular Hbond substituents is 1. The van der Waals surface area contributed by atoms with E-state index >= 15 is 0 Å². The second-order valence-corrected chi connectivity index (χ2v) is 10.1. The maximum atomic E-state index is 10.9. The van der Waals surface area contributed by atoms with Gasteiger partial charge in [0.1, 0.15) is 17.8 Å². The van der Waals surface area contributed by atoms with Crippen molar-refractivity contribution in [1.82, 2.24) is 20.1 Å². The Balaban J connectivity index is 1.15. The molecular weight excluding hydrogens is 426 g/mol. The molecule has 1 aliphatic heterocycles. The van der Waals surface area contributed by atoms with Crippen molar-refractivity contribution >= 4 is 16.7 Å². The molecule has 2 aliphatic rings. The molecular formula is C27H37N5O2. The van der Waals surface area contributed by atoms with Gasteiger partial charge in [-0.15, -0.1) is 0 Å². The second kappa shape index (κ2) is 10.7. The molecule has 1 aromatic carbocycles. The van der Waals surface area contributed by atoms with Gasteiger partial charge in [0.2, 0.25) is 0 Å². The van der Waals surface area contributed by atoms with Crippen LogP contribution in [0.5, 0.6) is 5.75 Å². The van der Waals surface area contributed by atoms with Gasteiger partial charge in [0.25, 0.3) is 0 Å². The number of nitrogens with zero attached hydrogens (tertiary/aromatic N) is 3. The number of hydrogen-bond acceptors (Lipinski definition) is 6. The average molecular weight is 464 g/mol. The molecule has 0 bridgehead atoms.